The molecule has 2 unspecified atom stereocenters. The minimum atomic E-state index is -0.367. The molecule has 0 radical (unpaired) electrons. The second kappa shape index (κ2) is 7.62. The molecule has 5 nitrogen and oxygen atoms in total. The summed E-state index contributed by atoms with van der Waals surface area (Å²) in [6, 6.07) is 7.45. The molecule has 2 aliphatic heterocycles. The van der Waals surface area contributed by atoms with Crippen LogP contribution in [0, 0.1) is 12.7 Å². The number of hydrogen-bond acceptors (Lipinski definition) is 4. The monoisotopic (exact) mass is 446 g/mol. The van der Waals surface area contributed by atoms with Crippen molar-refractivity contribution in [1.29, 1.82) is 0 Å². The van der Waals surface area contributed by atoms with E-state index >= 15 is 0 Å². The number of rotatable bonds is 2. The quantitative estimate of drug-likeness (QED) is 0.584. The summed E-state index contributed by atoms with van der Waals surface area (Å²) in [5.41, 5.74) is 2.07. The molecule has 3 aromatic rings. The van der Waals surface area contributed by atoms with E-state index in [1.807, 2.05) is 35.7 Å². The highest BCUT2D eigenvalue weighted by molar-refractivity contribution is 7.20. The Morgan fingerprint density at radius 3 is 2.83 bits per heavy atom. The van der Waals surface area contributed by atoms with Crippen LogP contribution in [0.4, 0.5) is 4.39 Å². The van der Waals surface area contributed by atoms with Gasteiger partial charge in [0.1, 0.15) is 10.6 Å². The molecule has 30 heavy (non-hydrogen) atoms. The van der Waals surface area contributed by atoms with E-state index in [1.54, 1.807) is 6.07 Å². The van der Waals surface area contributed by atoms with Crippen LogP contribution in [-0.2, 0) is 7.05 Å². The van der Waals surface area contributed by atoms with E-state index in [2.05, 4.69) is 10.00 Å². The Morgan fingerprint density at radius 2 is 2.07 bits per heavy atom. The van der Waals surface area contributed by atoms with Gasteiger partial charge in [-0.1, -0.05) is 17.7 Å². The summed E-state index contributed by atoms with van der Waals surface area (Å²) in [5.74, 6) is 0.121. The van der Waals surface area contributed by atoms with E-state index in [9.17, 15) is 9.18 Å². The lowest BCUT2D eigenvalue weighted by Gasteiger charge is -2.46. The van der Waals surface area contributed by atoms with E-state index in [-0.39, 0.29) is 16.7 Å². The van der Waals surface area contributed by atoms with Gasteiger partial charge in [0.15, 0.2) is 0 Å². The maximum absolute atomic E-state index is 13.5. The number of piperidine rings is 1. The van der Waals surface area contributed by atoms with Gasteiger partial charge in [-0.3, -0.25) is 14.4 Å². The summed E-state index contributed by atoms with van der Waals surface area (Å²) in [4.78, 5) is 19.5. The van der Waals surface area contributed by atoms with Crippen LogP contribution < -0.4 is 0 Å². The van der Waals surface area contributed by atoms with Crippen molar-refractivity contribution in [3.63, 3.8) is 0 Å². The molecule has 2 aromatic heterocycles. The third-order valence-electron chi connectivity index (χ3n) is 6.52. The van der Waals surface area contributed by atoms with Gasteiger partial charge in [0.25, 0.3) is 5.91 Å². The van der Waals surface area contributed by atoms with Crippen LogP contribution in [0.15, 0.2) is 24.3 Å². The summed E-state index contributed by atoms with van der Waals surface area (Å²) in [5, 5.41) is 5.69. The van der Waals surface area contributed by atoms with Gasteiger partial charge in [-0.05, 0) is 49.4 Å². The summed E-state index contributed by atoms with van der Waals surface area (Å²) >= 11 is 7.51. The lowest BCUT2D eigenvalue weighted by atomic mass is 9.86. The zero-order chi connectivity index (χ0) is 21.0. The van der Waals surface area contributed by atoms with Gasteiger partial charge in [-0.2, -0.15) is 5.10 Å². The first kappa shape index (κ1) is 20.0. The Bertz CT molecular complexity index is 1090. The van der Waals surface area contributed by atoms with Gasteiger partial charge >= 0.3 is 0 Å². The highest BCUT2D eigenvalue weighted by Crippen LogP contribution is 2.34. The second-order valence-corrected chi connectivity index (χ2v) is 9.82. The van der Waals surface area contributed by atoms with E-state index in [0.717, 1.165) is 65.4 Å². The Morgan fingerprint density at radius 1 is 1.23 bits per heavy atom. The summed E-state index contributed by atoms with van der Waals surface area (Å²) in [6.07, 6.45) is 2.05. The normalized spacial score (nSPS) is 22.5. The molecule has 2 atom stereocenters. The van der Waals surface area contributed by atoms with E-state index < -0.39 is 0 Å². The van der Waals surface area contributed by atoms with Gasteiger partial charge in [-0.25, -0.2) is 4.39 Å². The highest BCUT2D eigenvalue weighted by atomic mass is 35.5. The number of aryl methyl sites for hydroxylation is 2. The minimum Gasteiger partial charge on any atom is -0.335 e. The highest BCUT2D eigenvalue weighted by Gasteiger charge is 2.35. The number of halogens is 2. The van der Waals surface area contributed by atoms with E-state index in [1.165, 1.54) is 17.4 Å². The van der Waals surface area contributed by atoms with Gasteiger partial charge < -0.3 is 4.90 Å². The Labute approximate surface area is 184 Å². The van der Waals surface area contributed by atoms with Crippen molar-refractivity contribution < 1.29 is 9.18 Å². The van der Waals surface area contributed by atoms with Crippen molar-refractivity contribution in [3.05, 3.63) is 51.2 Å². The number of thiophene rings is 1. The summed E-state index contributed by atoms with van der Waals surface area (Å²) in [6.45, 7) is 5.28. The second-order valence-electron chi connectivity index (χ2n) is 8.39. The molecule has 1 amide bonds. The molecular formula is C22H24ClFN4OS. The van der Waals surface area contributed by atoms with Crippen LogP contribution in [0.2, 0.25) is 5.02 Å². The zero-order valence-corrected chi connectivity index (χ0v) is 18.6. The molecule has 0 aliphatic carbocycles. The fourth-order valence-corrected chi connectivity index (χ4v) is 6.14. The summed E-state index contributed by atoms with van der Waals surface area (Å²) in [7, 11) is 1.92. The Kier molecular flexibility index (Phi) is 5.08. The van der Waals surface area contributed by atoms with Crippen LogP contribution in [0.1, 0.15) is 39.7 Å². The lowest BCUT2D eigenvalue weighted by molar-refractivity contribution is 0.0332. The Hall–Kier alpha value is -1.96. The number of carbonyl (C=O) groups excluding carboxylic acids is 1. The van der Waals surface area contributed by atoms with Crippen LogP contribution >= 0.6 is 22.9 Å². The number of aromatic nitrogens is 2. The SMILES string of the molecule is Cc1nn(C)c2sc(C(=O)N3CCN4CC(c5ccc(F)c(Cl)c5)CCC4C3)cc12. The number of amides is 1. The van der Waals surface area contributed by atoms with Gasteiger partial charge in [0.05, 0.1) is 15.6 Å². The fourth-order valence-electron chi connectivity index (χ4n) is 4.86. The van der Waals surface area contributed by atoms with Crippen molar-refractivity contribution in [2.45, 2.75) is 31.7 Å². The van der Waals surface area contributed by atoms with Crippen molar-refractivity contribution in [2.24, 2.45) is 7.05 Å². The van der Waals surface area contributed by atoms with Crippen molar-refractivity contribution in [1.82, 2.24) is 19.6 Å². The molecule has 0 N–H and O–H groups in total. The van der Waals surface area contributed by atoms with Crippen LogP contribution in [0.5, 0.6) is 0 Å². The first-order valence-electron chi connectivity index (χ1n) is 10.3. The third-order valence-corrected chi connectivity index (χ3v) is 8.00. The van der Waals surface area contributed by atoms with Crippen LogP contribution in [0.25, 0.3) is 10.2 Å². The number of nitrogens with zero attached hydrogens (tertiary/aromatic N) is 4. The third kappa shape index (κ3) is 3.43. The standard InChI is InChI=1S/C22H24ClFN4OS/c1-13-17-10-20(30-22(17)26(2)25-13)21(29)28-8-7-27-11-15(3-5-16(27)12-28)14-4-6-19(24)18(23)9-14/h4,6,9-10,15-16H,3,5,7-8,11-12H2,1-2H3. The largest absolute Gasteiger partial charge is 0.335 e. The van der Waals surface area contributed by atoms with Gasteiger partial charge in [0.2, 0.25) is 0 Å². The number of piperazine rings is 1. The first-order valence-corrected chi connectivity index (χ1v) is 11.5. The van der Waals surface area contributed by atoms with Crippen LogP contribution in [0.3, 0.4) is 0 Å². The molecular weight excluding hydrogens is 423 g/mol. The molecule has 0 saturated carbocycles. The van der Waals surface area contributed by atoms with Crippen molar-refractivity contribution in [2.75, 3.05) is 26.2 Å². The molecule has 158 valence electrons. The minimum absolute atomic E-state index is 0.127. The fraction of sp³-hybridized carbons (Fsp3) is 0.455. The molecule has 2 saturated heterocycles. The van der Waals surface area contributed by atoms with E-state index in [4.69, 9.17) is 11.6 Å². The van der Waals surface area contributed by atoms with Gasteiger partial charge in [-0.15, -0.1) is 11.3 Å². The molecule has 2 fully saturated rings. The number of fused-ring (bicyclic) bond motifs is 2. The predicted octanol–water partition coefficient (Wildman–Crippen LogP) is 4.44. The topological polar surface area (TPSA) is 41.4 Å². The van der Waals surface area contributed by atoms with Crippen molar-refractivity contribution >= 4 is 39.1 Å². The smallest absolute Gasteiger partial charge is 0.264 e. The van der Waals surface area contributed by atoms with Crippen molar-refractivity contribution in [3.8, 4) is 0 Å². The Balaban J connectivity index is 1.27. The zero-order valence-electron chi connectivity index (χ0n) is 17.1. The van der Waals surface area contributed by atoms with Crippen LogP contribution in [-0.4, -0.2) is 57.7 Å². The molecule has 2 aliphatic rings. The maximum Gasteiger partial charge on any atom is 0.264 e. The average Bonchev–Trinajstić information content (AvgIpc) is 3.30. The predicted molar refractivity (Wildman–Crippen MR) is 118 cm³/mol. The molecule has 0 bridgehead atoms. The number of hydrogen-bond donors (Lipinski definition) is 0. The molecule has 1 aromatic carbocycles. The first-order chi connectivity index (χ1) is 14.4. The van der Waals surface area contributed by atoms with Gasteiger partial charge in [0, 0.05) is 44.7 Å². The number of carbonyl (C=O) groups is 1. The molecule has 0 spiro atoms. The molecule has 4 heterocycles. The lowest BCUT2D eigenvalue weighted by Crippen LogP contribution is -2.57. The molecule has 8 heteroatoms. The maximum atomic E-state index is 13.5. The number of benzene rings is 1. The van der Waals surface area contributed by atoms with E-state index in [0.29, 0.717) is 12.0 Å². The summed E-state index contributed by atoms with van der Waals surface area (Å²) < 4.78 is 15.4. The molecule has 5 rings (SSSR count). The average molecular weight is 447 g/mol.